The molecule has 0 spiro atoms. The maximum absolute atomic E-state index is 10.4. The van der Waals surface area contributed by atoms with Crippen LogP contribution in [0.1, 0.15) is 38.2 Å². The third-order valence-electron chi connectivity index (χ3n) is 3.75. The highest BCUT2D eigenvalue weighted by Gasteiger charge is 2.20. The Labute approximate surface area is 125 Å². The fourth-order valence-electron chi connectivity index (χ4n) is 2.64. The van der Waals surface area contributed by atoms with Crippen molar-refractivity contribution >= 4 is 5.97 Å². The largest absolute Gasteiger partial charge is 0.481 e. The van der Waals surface area contributed by atoms with E-state index in [-0.39, 0.29) is 12.5 Å². The first kappa shape index (κ1) is 16.0. The zero-order valence-corrected chi connectivity index (χ0v) is 12.7. The number of aromatic nitrogens is 2. The van der Waals surface area contributed by atoms with Crippen molar-refractivity contribution in [3.8, 4) is 0 Å². The van der Waals surface area contributed by atoms with E-state index in [0.29, 0.717) is 6.61 Å². The summed E-state index contributed by atoms with van der Waals surface area (Å²) >= 11 is 0. The van der Waals surface area contributed by atoms with Gasteiger partial charge in [-0.25, -0.2) is 0 Å². The molecule has 1 aromatic rings. The summed E-state index contributed by atoms with van der Waals surface area (Å²) in [5, 5.41) is 12.9. The first-order valence-electron chi connectivity index (χ1n) is 7.74. The lowest BCUT2D eigenvalue weighted by Crippen LogP contribution is -2.36. The van der Waals surface area contributed by atoms with Gasteiger partial charge in [-0.2, -0.15) is 5.10 Å². The van der Waals surface area contributed by atoms with Crippen molar-refractivity contribution in [2.45, 2.75) is 51.8 Å². The average molecular weight is 295 g/mol. The van der Waals surface area contributed by atoms with Gasteiger partial charge in [0.25, 0.3) is 0 Å². The van der Waals surface area contributed by atoms with Crippen molar-refractivity contribution in [1.29, 1.82) is 0 Å². The molecule has 1 aromatic heterocycles. The highest BCUT2D eigenvalue weighted by Crippen LogP contribution is 2.16. The molecule has 1 fully saturated rings. The second-order valence-corrected chi connectivity index (χ2v) is 5.60. The molecule has 0 saturated carbocycles. The van der Waals surface area contributed by atoms with Crippen LogP contribution in [0.25, 0.3) is 0 Å². The van der Waals surface area contributed by atoms with Crippen LogP contribution in [-0.2, 0) is 22.6 Å². The fraction of sp³-hybridized carbons (Fsp3) is 0.733. The summed E-state index contributed by atoms with van der Waals surface area (Å²) in [5.74, 6) is -0.795. The monoisotopic (exact) mass is 295 g/mol. The van der Waals surface area contributed by atoms with Crippen LogP contribution >= 0.6 is 0 Å². The summed E-state index contributed by atoms with van der Waals surface area (Å²) in [6.07, 6.45) is 7.43. The van der Waals surface area contributed by atoms with Gasteiger partial charge >= 0.3 is 5.97 Å². The number of piperidine rings is 1. The van der Waals surface area contributed by atoms with E-state index in [1.54, 1.807) is 0 Å². The van der Waals surface area contributed by atoms with E-state index in [2.05, 4.69) is 23.1 Å². The molecule has 2 heterocycles. The zero-order valence-electron chi connectivity index (χ0n) is 12.7. The number of aliphatic carboxylic acids is 1. The Balaban J connectivity index is 1.67. The molecule has 1 aliphatic heterocycles. The Hall–Kier alpha value is -1.40. The normalized spacial score (nSPS) is 17.2. The molecule has 118 valence electrons. The lowest BCUT2D eigenvalue weighted by atomic mass is 10.1. The van der Waals surface area contributed by atoms with Crippen molar-refractivity contribution in [2.75, 3.05) is 19.7 Å². The van der Waals surface area contributed by atoms with Crippen LogP contribution in [0.4, 0.5) is 0 Å². The molecule has 6 nitrogen and oxygen atoms in total. The number of hydrogen-bond donors (Lipinski definition) is 1. The second kappa shape index (κ2) is 8.14. The first-order valence-corrected chi connectivity index (χ1v) is 7.74. The summed E-state index contributed by atoms with van der Waals surface area (Å²) in [4.78, 5) is 12.9. The highest BCUT2D eigenvalue weighted by molar-refractivity contribution is 5.66. The minimum atomic E-state index is -0.795. The van der Waals surface area contributed by atoms with Gasteiger partial charge in [-0.05, 0) is 19.3 Å². The molecule has 0 atom stereocenters. The molecule has 0 aromatic carbocycles. The zero-order chi connectivity index (χ0) is 15.1. The van der Waals surface area contributed by atoms with E-state index in [9.17, 15) is 4.79 Å². The maximum atomic E-state index is 10.4. The van der Waals surface area contributed by atoms with Gasteiger partial charge in [0, 0.05) is 37.9 Å². The lowest BCUT2D eigenvalue weighted by Gasteiger charge is -2.31. The molecule has 6 heteroatoms. The van der Waals surface area contributed by atoms with Gasteiger partial charge in [0.15, 0.2) is 0 Å². The molecular formula is C15H25N3O3. The molecular weight excluding hydrogens is 270 g/mol. The van der Waals surface area contributed by atoms with Gasteiger partial charge in [-0.1, -0.05) is 6.92 Å². The van der Waals surface area contributed by atoms with Crippen LogP contribution in [0.3, 0.4) is 0 Å². The summed E-state index contributed by atoms with van der Waals surface area (Å²) in [7, 11) is 0. The van der Waals surface area contributed by atoms with E-state index >= 15 is 0 Å². The third kappa shape index (κ3) is 5.47. The molecule has 1 aliphatic rings. The highest BCUT2D eigenvalue weighted by atomic mass is 16.5. The van der Waals surface area contributed by atoms with Crippen LogP contribution in [-0.4, -0.2) is 51.6 Å². The number of ether oxygens (including phenoxy) is 1. The smallest absolute Gasteiger partial charge is 0.305 e. The van der Waals surface area contributed by atoms with Crippen molar-refractivity contribution < 1.29 is 14.6 Å². The average Bonchev–Trinajstić information content (AvgIpc) is 2.88. The molecule has 0 amide bonds. The number of carbonyl (C=O) groups is 1. The first-order chi connectivity index (χ1) is 10.2. The van der Waals surface area contributed by atoms with Gasteiger partial charge in [0.1, 0.15) is 0 Å². The molecule has 0 bridgehead atoms. The number of rotatable bonds is 8. The van der Waals surface area contributed by atoms with Gasteiger partial charge in [0.2, 0.25) is 0 Å². The molecule has 0 unspecified atom stereocenters. The van der Waals surface area contributed by atoms with Crippen LogP contribution in [0.15, 0.2) is 12.4 Å². The van der Waals surface area contributed by atoms with Crippen LogP contribution < -0.4 is 0 Å². The molecule has 1 saturated heterocycles. The Kier molecular flexibility index (Phi) is 6.20. The Morgan fingerprint density at radius 2 is 2.24 bits per heavy atom. The van der Waals surface area contributed by atoms with Crippen molar-refractivity contribution in [3.63, 3.8) is 0 Å². The Morgan fingerprint density at radius 1 is 1.48 bits per heavy atom. The Bertz CT molecular complexity index is 439. The molecule has 1 N–H and O–H groups in total. The minimum absolute atomic E-state index is 0.0941. The predicted octanol–water partition coefficient (Wildman–Crippen LogP) is 1.75. The number of carboxylic acid groups (broad SMARTS) is 1. The van der Waals surface area contributed by atoms with E-state index in [0.717, 1.165) is 45.4 Å². The van der Waals surface area contributed by atoms with E-state index in [1.165, 1.54) is 5.56 Å². The van der Waals surface area contributed by atoms with Gasteiger partial charge in [-0.3, -0.25) is 14.4 Å². The fourth-order valence-corrected chi connectivity index (χ4v) is 2.64. The molecule has 0 aliphatic carbocycles. The van der Waals surface area contributed by atoms with Crippen molar-refractivity contribution in [2.24, 2.45) is 0 Å². The van der Waals surface area contributed by atoms with Crippen LogP contribution in [0.2, 0.25) is 0 Å². The summed E-state index contributed by atoms with van der Waals surface area (Å²) < 4.78 is 7.60. The van der Waals surface area contributed by atoms with Gasteiger partial charge < -0.3 is 9.84 Å². The second-order valence-electron chi connectivity index (χ2n) is 5.60. The maximum Gasteiger partial charge on any atom is 0.305 e. The SMILES string of the molecule is CCCn1cc(CN2CCC(OCCC(=O)O)CC2)cn1. The number of hydrogen-bond acceptors (Lipinski definition) is 4. The van der Waals surface area contributed by atoms with Gasteiger partial charge in [-0.15, -0.1) is 0 Å². The van der Waals surface area contributed by atoms with Crippen LogP contribution in [0, 0.1) is 0 Å². The number of likely N-dealkylation sites (tertiary alicyclic amines) is 1. The van der Waals surface area contributed by atoms with Crippen molar-refractivity contribution in [1.82, 2.24) is 14.7 Å². The Morgan fingerprint density at radius 3 is 2.90 bits per heavy atom. The van der Waals surface area contributed by atoms with Gasteiger partial charge in [0.05, 0.1) is 25.3 Å². The summed E-state index contributed by atoms with van der Waals surface area (Å²) in [6, 6.07) is 0. The summed E-state index contributed by atoms with van der Waals surface area (Å²) in [5.41, 5.74) is 1.26. The van der Waals surface area contributed by atoms with Crippen molar-refractivity contribution in [3.05, 3.63) is 18.0 Å². The topological polar surface area (TPSA) is 67.6 Å². The minimum Gasteiger partial charge on any atom is -0.481 e. The molecule has 0 radical (unpaired) electrons. The number of nitrogens with zero attached hydrogens (tertiary/aromatic N) is 3. The predicted molar refractivity (Wildman–Crippen MR) is 79.0 cm³/mol. The standard InChI is InChI=1S/C15H25N3O3/c1-2-6-18-12-13(10-16-18)11-17-7-3-14(4-8-17)21-9-5-15(19)20/h10,12,14H,2-9,11H2,1H3,(H,19,20). The van der Waals surface area contributed by atoms with E-state index < -0.39 is 5.97 Å². The summed E-state index contributed by atoms with van der Waals surface area (Å²) in [6.45, 7) is 6.37. The lowest BCUT2D eigenvalue weighted by molar-refractivity contribution is -0.138. The number of carboxylic acids is 1. The molecule has 2 rings (SSSR count). The quantitative estimate of drug-likeness (QED) is 0.791. The van der Waals surface area contributed by atoms with E-state index in [1.807, 2.05) is 10.9 Å². The third-order valence-corrected chi connectivity index (χ3v) is 3.75. The number of aryl methyl sites for hydroxylation is 1. The van der Waals surface area contributed by atoms with E-state index in [4.69, 9.17) is 9.84 Å². The van der Waals surface area contributed by atoms with Crippen LogP contribution in [0.5, 0.6) is 0 Å². The molecule has 21 heavy (non-hydrogen) atoms.